The van der Waals surface area contributed by atoms with E-state index < -0.39 is 24.1 Å². The number of carbonyl (C=O) groups is 1. The Kier molecular flexibility index (Phi) is 5.45. The van der Waals surface area contributed by atoms with Crippen LogP contribution >= 0.6 is 0 Å². The number of fused-ring (bicyclic) bond motifs is 1. The molecule has 2 aromatic heterocycles. The molecule has 7 nitrogen and oxygen atoms in total. The molecule has 164 valence electrons. The maximum atomic E-state index is 12.7. The maximum Gasteiger partial charge on any atom is 0.416 e. The lowest BCUT2D eigenvalue weighted by Crippen LogP contribution is -2.27. The minimum Gasteiger partial charge on any atom is -0.478 e. The summed E-state index contributed by atoms with van der Waals surface area (Å²) in [5.74, 6) is -1.03. The van der Waals surface area contributed by atoms with Crippen LogP contribution in [0.1, 0.15) is 15.9 Å². The number of benzene rings is 2. The lowest BCUT2D eigenvalue weighted by Gasteiger charge is -2.17. The third-order valence-corrected chi connectivity index (χ3v) is 4.82. The molecule has 32 heavy (non-hydrogen) atoms. The molecule has 0 aliphatic rings. The SMILES string of the molecule is O=C(O)c1ccc(-c2ccnc3[nH]cc(NC(O)Nc4ccc(C(F)(F)F)cc4)c23)cc1. The zero-order chi connectivity index (χ0) is 22.9. The number of nitrogens with one attached hydrogen (secondary N) is 3. The molecule has 0 saturated carbocycles. The van der Waals surface area contributed by atoms with E-state index in [4.69, 9.17) is 5.11 Å². The van der Waals surface area contributed by atoms with Gasteiger partial charge in [0, 0.05) is 23.5 Å². The van der Waals surface area contributed by atoms with Crippen molar-refractivity contribution in [2.45, 2.75) is 12.5 Å². The standard InChI is InChI=1S/C22H17F3N4O3/c23-22(24,25)14-5-7-15(8-6-14)28-21(32)29-17-11-27-19-18(17)16(9-10-26-19)12-1-3-13(4-2-12)20(30)31/h1-11,21,28-29,32H,(H,26,27)(H,30,31). The Morgan fingerprint density at radius 1 is 1.00 bits per heavy atom. The van der Waals surface area contributed by atoms with E-state index in [-0.39, 0.29) is 5.56 Å². The van der Waals surface area contributed by atoms with Crippen LogP contribution in [0.15, 0.2) is 67.0 Å². The Balaban J connectivity index is 1.58. The van der Waals surface area contributed by atoms with Gasteiger partial charge in [-0.1, -0.05) is 12.1 Å². The van der Waals surface area contributed by atoms with Gasteiger partial charge in [0.15, 0.2) is 0 Å². The fraction of sp³-hybridized carbons (Fsp3) is 0.0909. The second kappa shape index (κ2) is 8.23. The summed E-state index contributed by atoms with van der Waals surface area (Å²) in [5, 5.41) is 25.7. The highest BCUT2D eigenvalue weighted by Gasteiger charge is 2.30. The van der Waals surface area contributed by atoms with Crippen molar-refractivity contribution < 1.29 is 28.2 Å². The van der Waals surface area contributed by atoms with Crippen LogP contribution in [0.3, 0.4) is 0 Å². The molecule has 0 fully saturated rings. The maximum absolute atomic E-state index is 12.7. The first-order valence-electron chi connectivity index (χ1n) is 9.40. The second-order valence-corrected chi connectivity index (χ2v) is 6.93. The first-order valence-corrected chi connectivity index (χ1v) is 9.40. The molecule has 4 rings (SSSR count). The number of carboxylic acids is 1. The molecule has 0 saturated heterocycles. The van der Waals surface area contributed by atoms with Gasteiger partial charge in [-0.3, -0.25) is 0 Å². The van der Waals surface area contributed by atoms with Crippen LogP contribution in [0, 0.1) is 0 Å². The molecule has 0 aliphatic carbocycles. The van der Waals surface area contributed by atoms with Gasteiger partial charge in [0.25, 0.3) is 0 Å². The van der Waals surface area contributed by atoms with Gasteiger partial charge in [0.2, 0.25) is 6.35 Å². The van der Waals surface area contributed by atoms with Crippen molar-refractivity contribution in [3.05, 3.63) is 78.1 Å². The van der Waals surface area contributed by atoms with Gasteiger partial charge in [-0.2, -0.15) is 13.2 Å². The third-order valence-electron chi connectivity index (χ3n) is 4.82. The van der Waals surface area contributed by atoms with Gasteiger partial charge >= 0.3 is 12.1 Å². The molecule has 0 radical (unpaired) electrons. The topological polar surface area (TPSA) is 110 Å². The number of H-pyrrole nitrogens is 1. The average Bonchev–Trinajstić information content (AvgIpc) is 3.16. The van der Waals surface area contributed by atoms with Crippen LogP contribution in [0.5, 0.6) is 0 Å². The highest BCUT2D eigenvalue weighted by molar-refractivity contribution is 6.02. The summed E-state index contributed by atoms with van der Waals surface area (Å²) >= 11 is 0. The molecule has 5 N–H and O–H groups in total. The van der Waals surface area contributed by atoms with Gasteiger partial charge in [-0.25, -0.2) is 9.78 Å². The number of halogens is 3. The van der Waals surface area contributed by atoms with Crippen molar-refractivity contribution in [1.29, 1.82) is 0 Å². The van der Waals surface area contributed by atoms with Crippen LogP contribution in [-0.2, 0) is 6.18 Å². The summed E-state index contributed by atoms with van der Waals surface area (Å²) < 4.78 is 38.1. The number of aromatic carboxylic acids is 1. The quantitative estimate of drug-likeness (QED) is 0.276. The number of nitrogens with zero attached hydrogens (tertiary/aromatic N) is 1. The number of rotatable bonds is 6. The van der Waals surface area contributed by atoms with E-state index in [9.17, 15) is 23.1 Å². The van der Waals surface area contributed by atoms with Gasteiger partial charge < -0.3 is 25.8 Å². The first kappa shape index (κ1) is 21.2. The number of aliphatic hydroxyl groups is 1. The number of pyridine rings is 1. The summed E-state index contributed by atoms with van der Waals surface area (Å²) in [6.07, 6.45) is -2.55. The minimum absolute atomic E-state index is 0.155. The molecule has 1 atom stereocenters. The molecule has 2 aromatic carbocycles. The normalized spacial score (nSPS) is 12.5. The number of alkyl halides is 3. The molecule has 0 aliphatic heterocycles. The van der Waals surface area contributed by atoms with E-state index in [2.05, 4.69) is 20.6 Å². The van der Waals surface area contributed by atoms with Gasteiger partial charge in [-0.15, -0.1) is 0 Å². The van der Waals surface area contributed by atoms with Crippen molar-refractivity contribution in [3.63, 3.8) is 0 Å². The highest BCUT2D eigenvalue weighted by Crippen LogP contribution is 2.34. The largest absolute Gasteiger partial charge is 0.478 e. The number of aromatic amines is 1. The van der Waals surface area contributed by atoms with Crippen molar-refractivity contribution in [2.24, 2.45) is 0 Å². The number of hydrogen-bond donors (Lipinski definition) is 5. The molecule has 0 amide bonds. The van der Waals surface area contributed by atoms with E-state index in [0.29, 0.717) is 22.4 Å². The highest BCUT2D eigenvalue weighted by atomic mass is 19.4. The van der Waals surface area contributed by atoms with Crippen LogP contribution in [0.25, 0.3) is 22.2 Å². The first-order chi connectivity index (χ1) is 15.2. The lowest BCUT2D eigenvalue weighted by molar-refractivity contribution is -0.137. The third kappa shape index (κ3) is 4.35. The molecule has 10 heteroatoms. The number of carboxylic acid groups (broad SMARTS) is 1. The van der Waals surface area contributed by atoms with Crippen molar-refractivity contribution in [2.75, 3.05) is 10.6 Å². The Bertz CT molecular complexity index is 1250. The van der Waals surface area contributed by atoms with E-state index in [1.165, 1.54) is 24.3 Å². The van der Waals surface area contributed by atoms with Crippen LogP contribution in [0.2, 0.25) is 0 Å². The predicted octanol–water partition coefficient (Wildman–Crippen LogP) is 4.75. The van der Waals surface area contributed by atoms with Crippen LogP contribution < -0.4 is 10.6 Å². The molecular formula is C22H17F3N4O3. The second-order valence-electron chi connectivity index (χ2n) is 6.93. The Morgan fingerprint density at radius 2 is 1.69 bits per heavy atom. The number of anilines is 2. The zero-order valence-electron chi connectivity index (χ0n) is 16.3. The Morgan fingerprint density at radius 3 is 2.31 bits per heavy atom. The summed E-state index contributed by atoms with van der Waals surface area (Å²) in [6.45, 7) is 0. The summed E-state index contributed by atoms with van der Waals surface area (Å²) in [5.41, 5.74) is 2.19. The number of aliphatic hydroxyl groups excluding tert-OH is 1. The molecule has 4 aromatic rings. The van der Waals surface area contributed by atoms with E-state index in [1.54, 1.807) is 30.6 Å². The smallest absolute Gasteiger partial charge is 0.416 e. The Hall–Kier alpha value is -4.05. The minimum atomic E-state index is -4.44. The van der Waals surface area contributed by atoms with Gasteiger partial charge in [0.05, 0.1) is 16.8 Å². The van der Waals surface area contributed by atoms with Crippen molar-refractivity contribution >= 4 is 28.4 Å². The molecule has 1 unspecified atom stereocenters. The van der Waals surface area contributed by atoms with E-state index in [1.807, 2.05) is 0 Å². The van der Waals surface area contributed by atoms with Gasteiger partial charge in [0.1, 0.15) is 5.65 Å². The van der Waals surface area contributed by atoms with Crippen LogP contribution in [-0.4, -0.2) is 32.5 Å². The number of aromatic nitrogens is 2. The van der Waals surface area contributed by atoms with E-state index >= 15 is 0 Å². The fourth-order valence-electron chi connectivity index (χ4n) is 3.30. The molecule has 2 heterocycles. The fourth-order valence-corrected chi connectivity index (χ4v) is 3.30. The predicted molar refractivity (Wildman–Crippen MR) is 113 cm³/mol. The molecule has 0 bridgehead atoms. The van der Waals surface area contributed by atoms with E-state index in [0.717, 1.165) is 23.3 Å². The molecular weight excluding hydrogens is 425 g/mol. The molecule has 0 spiro atoms. The van der Waals surface area contributed by atoms with Crippen molar-refractivity contribution in [3.8, 4) is 11.1 Å². The summed E-state index contributed by atoms with van der Waals surface area (Å²) in [6, 6.07) is 12.4. The monoisotopic (exact) mass is 442 g/mol. The van der Waals surface area contributed by atoms with Crippen LogP contribution in [0.4, 0.5) is 24.5 Å². The zero-order valence-corrected chi connectivity index (χ0v) is 16.3. The van der Waals surface area contributed by atoms with Gasteiger partial charge in [-0.05, 0) is 53.6 Å². The Labute approximate surface area is 179 Å². The summed E-state index contributed by atoms with van der Waals surface area (Å²) in [4.78, 5) is 18.3. The lowest BCUT2D eigenvalue weighted by atomic mass is 10.0. The number of hydrogen-bond acceptors (Lipinski definition) is 5. The van der Waals surface area contributed by atoms with Crippen molar-refractivity contribution in [1.82, 2.24) is 9.97 Å². The average molecular weight is 442 g/mol. The summed E-state index contributed by atoms with van der Waals surface area (Å²) in [7, 11) is 0.